The highest BCUT2D eigenvalue weighted by Gasteiger charge is 2.20. The molecule has 0 saturated carbocycles. The summed E-state index contributed by atoms with van der Waals surface area (Å²) in [5.41, 5.74) is 1.13. The third kappa shape index (κ3) is 3.71. The third-order valence-corrected chi connectivity index (χ3v) is 4.16. The Morgan fingerprint density at radius 3 is 2.95 bits per heavy atom. The first-order valence-electron chi connectivity index (χ1n) is 8.12. The van der Waals surface area contributed by atoms with E-state index in [0.29, 0.717) is 25.7 Å². The summed E-state index contributed by atoms with van der Waals surface area (Å²) in [6, 6.07) is 6.37. The molecule has 1 aromatic carbocycles. The molecular formula is C17H24N2O3. The van der Waals surface area contributed by atoms with E-state index < -0.39 is 0 Å². The van der Waals surface area contributed by atoms with Gasteiger partial charge in [0.25, 0.3) is 0 Å². The molecular weight excluding hydrogens is 280 g/mol. The number of hydrogen-bond donors (Lipinski definition) is 1. The van der Waals surface area contributed by atoms with Crippen molar-refractivity contribution in [2.24, 2.45) is 0 Å². The molecule has 22 heavy (non-hydrogen) atoms. The molecule has 0 aliphatic carbocycles. The van der Waals surface area contributed by atoms with Crippen LogP contribution in [0.1, 0.15) is 25.3 Å². The number of piperazine rings is 1. The topological polar surface area (TPSA) is 50.8 Å². The van der Waals surface area contributed by atoms with Gasteiger partial charge in [-0.05, 0) is 31.0 Å². The Bertz CT molecular complexity index is 533. The Kier molecular flexibility index (Phi) is 4.83. The van der Waals surface area contributed by atoms with Crippen molar-refractivity contribution in [1.82, 2.24) is 10.2 Å². The van der Waals surface area contributed by atoms with Crippen molar-refractivity contribution >= 4 is 5.91 Å². The van der Waals surface area contributed by atoms with E-state index in [2.05, 4.69) is 12.2 Å². The van der Waals surface area contributed by atoms with Crippen LogP contribution in [0, 0.1) is 0 Å². The van der Waals surface area contributed by atoms with Gasteiger partial charge in [0.05, 0.1) is 13.2 Å². The summed E-state index contributed by atoms with van der Waals surface area (Å²) in [5.74, 6) is 1.85. The number of nitrogens with zero attached hydrogens (tertiary/aromatic N) is 1. The minimum Gasteiger partial charge on any atom is -0.490 e. The lowest BCUT2D eigenvalue weighted by Gasteiger charge is -2.32. The first-order chi connectivity index (χ1) is 10.7. The molecule has 1 unspecified atom stereocenters. The van der Waals surface area contributed by atoms with Crippen molar-refractivity contribution in [2.75, 3.05) is 32.8 Å². The number of carbonyl (C=O) groups is 1. The van der Waals surface area contributed by atoms with Crippen LogP contribution in [-0.2, 0) is 11.2 Å². The lowest BCUT2D eigenvalue weighted by molar-refractivity contribution is -0.132. The summed E-state index contributed by atoms with van der Waals surface area (Å²) in [5, 5.41) is 3.36. The average molecular weight is 304 g/mol. The predicted octanol–water partition coefficient (Wildman–Crippen LogP) is 1.60. The molecule has 1 fully saturated rings. The number of amides is 1. The fraction of sp³-hybridized carbons (Fsp3) is 0.588. The number of carbonyl (C=O) groups excluding carboxylic acids is 1. The maximum Gasteiger partial charge on any atom is 0.222 e. The zero-order chi connectivity index (χ0) is 15.4. The smallest absolute Gasteiger partial charge is 0.222 e. The lowest BCUT2D eigenvalue weighted by Crippen LogP contribution is -2.51. The van der Waals surface area contributed by atoms with Crippen LogP contribution in [0.15, 0.2) is 18.2 Å². The van der Waals surface area contributed by atoms with Gasteiger partial charge in [-0.2, -0.15) is 0 Å². The highest BCUT2D eigenvalue weighted by molar-refractivity contribution is 5.76. The molecule has 1 N–H and O–H groups in total. The minimum atomic E-state index is 0.237. The van der Waals surface area contributed by atoms with Crippen LogP contribution in [0.2, 0.25) is 0 Å². The third-order valence-electron chi connectivity index (χ3n) is 4.16. The van der Waals surface area contributed by atoms with E-state index in [0.717, 1.165) is 49.5 Å². The highest BCUT2D eigenvalue weighted by atomic mass is 16.5. The summed E-state index contributed by atoms with van der Waals surface area (Å²) >= 11 is 0. The van der Waals surface area contributed by atoms with Crippen molar-refractivity contribution in [3.8, 4) is 11.5 Å². The molecule has 120 valence electrons. The molecule has 5 nitrogen and oxygen atoms in total. The molecule has 2 aliphatic rings. The first kappa shape index (κ1) is 15.2. The number of rotatable bonds is 3. The van der Waals surface area contributed by atoms with Crippen molar-refractivity contribution in [2.45, 2.75) is 32.2 Å². The normalized spacial score (nSPS) is 21.3. The molecule has 3 rings (SSSR count). The fourth-order valence-corrected chi connectivity index (χ4v) is 2.93. The number of aryl methyl sites for hydroxylation is 1. The van der Waals surface area contributed by atoms with Gasteiger partial charge >= 0.3 is 0 Å². The van der Waals surface area contributed by atoms with E-state index in [4.69, 9.17) is 9.47 Å². The molecule has 1 saturated heterocycles. The minimum absolute atomic E-state index is 0.237. The van der Waals surface area contributed by atoms with Crippen LogP contribution in [0.4, 0.5) is 0 Å². The predicted molar refractivity (Wildman–Crippen MR) is 84.4 cm³/mol. The Balaban J connectivity index is 1.57. The van der Waals surface area contributed by atoms with Crippen LogP contribution in [0.3, 0.4) is 0 Å². The van der Waals surface area contributed by atoms with Gasteiger partial charge in [0.2, 0.25) is 5.91 Å². The highest BCUT2D eigenvalue weighted by Crippen LogP contribution is 2.30. The quantitative estimate of drug-likeness (QED) is 0.921. The maximum atomic E-state index is 12.3. The van der Waals surface area contributed by atoms with E-state index in [-0.39, 0.29) is 5.91 Å². The average Bonchev–Trinajstić information content (AvgIpc) is 2.77. The van der Waals surface area contributed by atoms with E-state index in [1.54, 1.807) is 0 Å². The van der Waals surface area contributed by atoms with E-state index >= 15 is 0 Å². The number of fused-ring (bicyclic) bond motifs is 1. The molecule has 1 atom stereocenters. The second-order valence-electron chi connectivity index (χ2n) is 6.03. The summed E-state index contributed by atoms with van der Waals surface area (Å²) in [6.45, 7) is 6.00. The molecule has 0 radical (unpaired) electrons. The zero-order valence-electron chi connectivity index (χ0n) is 13.1. The van der Waals surface area contributed by atoms with Gasteiger partial charge in [0, 0.05) is 38.5 Å². The summed E-state index contributed by atoms with van der Waals surface area (Å²) in [7, 11) is 0. The van der Waals surface area contributed by atoms with Crippen LogP contribution >= 0.6 is 0 Å². The Hall–Kier alpha value is -1.75. The van der Waals surface area contributed by atoms with Gasteiger partial charge in [-0.25, -0.2) is 0 Å². The van der Waals surface area contributed by atoms with Gasteiger partial charge in [0.15, 0.2) is 11.5 Å². The van der Waals surface area contributed by atoms with Crippen LogP contribution in [0.25, 0.3) is 0 Å². The van der Waals surface area contributed by atoms with Gasteiger partial charge in [-0.15, -0.1) is 0 Å². The number of benzene rings is 1. The van der Waals surface area contributed by atoms with Gasteiger partial charge < -0.3 is 19.7 Å². The Labute approximate surface area is 131 Å². The van der Waals surface area contributed by atoms with E-state index in [1.807, 2.05) is 23.1 Å². The summed E-state index contributed by atoms with van der Waals surface area (Å²) in [4.78, 5) is 14.3. The van der Waals surface area contributed by atoms with Crippen molar-refractivity contribution in [3.05, 3.63) is 23.8 Å². The van der Waals surface area contributed by atoms with E-state index in [1.165, 1.54) is 0 Å². The van der Waals surface area contributed by atoms with Crippen molar-refractivity contribution < 1.29 is 14.3 Å². The number of nitrogens with one attached hydrogen (secondary N) is 1. The standard InChI is InChI=1S/C17H24N2O3/c1-13-12-19(8-7-18-13)17(20)6-4-14-3-5-15-16(11-14)22-10-2-9-21-15/h3,5,11,13,18H,2,4,6-10,12H2,1H3. The Morgan fingerprint density at radius 2 is 2.14 bits per heavy atom. The molecule has 0 spiro atoms. The molecule has 1 amide bonds. The number of ether oxygens (including phenoxy) is 2. The van der Waals surface area contributed by atoms with Crippen molar-refractivity contribution in [1.29, 1.82) is 0 Å². The lowest BCUT2D eigenvalue weighted by atomic mass is 10.1. The molecule has 2 heterocycles. The second-order valence-corrected chi connectivity index (χ2v) is 6.03. The van der Waals surface area contributed by atoms with Crippen LogP contribution in [0.5, 0.6) is 11.5 Å². The second kappa shape index (κ2) is 7.01. The molecule has 2 aliphatic heterocycles. The first-order valence-corrected chi connectivity index (χ1v) is 8.12. The van der Waals surface area contributed by atoms with Gasteiger partial charge in [-0.3, -0.25) is 4.79 Å². The number of hydrogen-bond acceptors (Lipinski definition) is 4. The van der Waals surface area contributed by atoms with Gasteiger partial charge in [0.1, 0.15) is 0 Å². The monoisotopic (exact) mass is 304 g/mol. The molecule has 0 bridgehead atoms. The summed E-state index contributed by atoms with van der Waals surface area (Å²) in [6.07, 6.45) is 2.20. The molecule has 5 heteroatoms. The molecule has 1 aromatic rings. The van der Waals surface area contributed by atoms with Crippen LogP contribution < -0.4 is 14.8 Å². The Morgan fingerprint density at radius 1 is 1.32 bits per heavy atom. The van der Waals surface area contributed by atoms with Crippen molar-refractivity contribution in [3.63, 3.8) is 0 Å². The largest absolute Gasteiger partial charge is 0.490 e. The maximum absolute atomic E-state index is 12.3. The SMILES string of the molecule is CC1CN(C(=O)CCc2ccc3c(c2)OCCCO3)CCN1. The fourth-order valence-electron chi connectivity index (χ4n) is 2.93. The zero-order valence-corrected chi connectivity index (χ0v) is 13.1. The van der Waals surface area contributed by atoms with Crippen LogP contribution in [-0.4, -0.2) is 49.7 Å². The molecule has 0 aromatic heterocycles. The van der Waals surface area contributed by atoms with Gasteiger partial charge in [-0.1, -0.05) is 6.07 Å². The van der Waals surface area contributed by atoms with E-state index in [9.17, 15) is 4.79 Å². The summed E-state index contributed by atoms with van der Waals surface area (Å²) < 4.78 is 11.3.